The van der Waals surface area contributed by atoms with Gasteiger partial charge in [0, 0.05) is 51.0 Å². The van der Waals surface area contributed by atoms with Crippen molar-refractivity contribution in [1.82, 2.24) is 19.4 Å². The lowest BCUT2D eigenvalue weighted by Crippen LogP contribution is -2.49. The van der Waals surface area contributed by atoms with Gasteiger partial charge in [-0.25, -0.2) is 8.42 Å². The Kier molecular flexibility index (Phi) is 6.25. The standard InChI is InChI=1S/C19H25N5O3S/c1-3-24(4-2)28(26,27)17-9-7-16(8-10-17)19(25)23-14-12-22(13-15-23)18-6-5-11-20-21-18/h5-11H,3-4,12-15H2,1-2H3. The van der Waals surface area contributed by atoms with Gasteiger partial charge in [-0.05, 0) is 36.4 Å². The summed E-state index contributed by atoms with van der Waals surface area (Å²) in [5, 5.41) is 7.99. The summed E-state index contributed by atoms with van der Waals surface area (Å²) in [5.41, 5.74) is 0.492. The molecule has 9 heteroatoms. The van der Waals surface area contributed by atoms with Gasteiger partial charge < -0.3 is 9.80 Å². The van der Waals surface area contributed by atoms with Gasteiger partial charge in [0.05, 0.1) is 4.90 Å². The van der Waals surface area contributed by atoms with Crippen LogP contribution in [-0.4, -0.2) is 73.0 Å². The highest BCUT2D eigenvalue weighted by Gasteiger charge is 2.25. The number of sulfonamides is 1. The number of benzene rings is 1. The SMILES string of the molecule is CCN(CC)S(=O)(=O)c1ccc(C(=O)N2CCN(c3cccnn3)CC2)cc1. The largest absolute Gasteiger partial charge is 0.352 e. The molecule has 1 aromatic carbocycles. The first-order chi connectivity index (χ1) is 13.5. The summed E-state index contributed by atoms with van der Waals surface area (Å²) in [4.78, 5) is 16.9. The van der Waals surface area contributed by atoms with Gasteiger partial charge in [0.25, 0.3) is 5.91 Å². The van der Waals surface area contributed by atoms with Gasteiger partial charge in [0.2, 0.25) is 10.0 Å². The van der Waals surface area contributed by atoms with Crippen molar-refractivity contribution in [2.75, 3.05) is 44.2 Å². The molecular formula is C19H25N5O3S. The van der Waals surface area contributed by atoms with Gasteiger partial charge >= 0.3 is 0 Å². The molecular weight excluding hydrogens is 378 g/mol. The third kappa shape index (κ3) is 4.15. The lowest BCUT2D eigenvalue weighted by Gasteiger charge is -2.35. The Morgan fingerprint density at radius 1 is 1.04 bits per heavy atom. The molecule has 150 valence electrons. The van der Waals surface area contributed by atoms with Crippen molar-refractivity contribution in [3.63, 3.8) is 0 Å². The van der Waals surface area contributed by atoms with Crippen LogP contribution < -0.4 is 4.90 Å². The number of hydrogen-bond acceptors (Lipinski definition) is 6. The predicted octanol–water partition coefficient (Wildman–Crippen LogP) is 1.47. The summed E-state index contributed by atoms with van der Waals surface area (Å²) in [6.45, 7) is 6.95. The molecule has 1 amide bonds. The molecule has 3 rings (SSSR count). The van der Waals surface area contributed by atoms with E-state index in [4.69, 9.17) is 0 Å². The van der Waals surface area contributed by atoms with E-state index in [1.807, 2.05) is 12.1 Å². The zero-order chi connectivity index (χ0) is 20.1. The molecule has 0 radical (unpaired) electrons. The monoisotopic (exact) mass is 403 g/mol. The quantitative estimate of drug-likeness (QED) is 0.726. The van der Waals surface area contributed by atoms with Crippen LogP contribution in [0.5, 0.6) is 0 Å². The Labute approximate surface area is 165 Å². The van der Waals surface area contributed by atoms with Gasteiger partial charge in [-0.1, -0.05) is 13.8 Å². The second-order valence-corrected chi connectivity index (χ2v) is 8.41. The van der Waals surface area contributed by atoms with Crippen LogP contribution in [0.2, 0.25) is 0 Å². The summed E-state index contributed by atoms with van der Waals surface area (Å²) >= 11 is 0. The zero-order valence-electron chi connectivity index (χ0n) is 16.2. The van der Waals surface area contributed by atoms with Crippen LogP contribution in [0.25, 0.3) is 0 Å². The van der Waals surface area contributed by atoms with Crippen LogP contribution >= 0.6 is 0 Å². The van der Waals surface area contributed by atoms with E-state index < -0.39 is 10.0 Å². The minimum atomic E-state index is -3.52. The van der Waals surface area contributed by atoms with Crippen molar-refractivity contribution in [1.29, 1.82) is 0 Å². The summed E-state index contributed by atoms with van der Waals surface area (Å²) in [6, 6.07) is 9.95. The van der Waals surface area contributed by atoms with E-state index in [0.717, 1.165) is 5.82 Å². The molecule has 1 saturated heterocycles. The lowest BCUT2D eigenvalue weighted by molar-refractivity contribution is 0.0746. The molecule has 0 aliphatic carbocycles. The van der Waals surface area contributed by atoms with E-state index >= 15 is 0 Å². The molecule has 28 heavy (non-hydrogen) atoms. The van der Waals surface area contributed by atoms with E-state index in [-0.39, 0.29) is 10.8 Å². The molecule has 0 saturated carbocycles. The third-order valence-corrected chi connectivity index (χ3v) is 6.96. The van der Waals surface area contributed by atoms with Crippen LogP contribution in [0.3, 0.4) is 0 Å². The maximum atomic E-state index is 12.8. The molecule has 0 bridgehead atoms. The van der Waals surface area contributed by atoms with Crippen molar-refractivity contribution in [2.24, 2.45) is 0 Å². The number of hydrogen-bond donors (Lipinski definition) is 0. The molecule has 1 aliphatic heterocycles. The predicted molar refractivity (Wildman–Crippen MR) is 107 cm³/mol. The van der Waals surface area contributed by atoms with Crippen molar-refractivity contribution >= 4 is 21.7 Å². The van der Waals surface area contributed by atoms with Crippen LogP contribution in [0.4, 0.5) is 5.82 Å². The fraction of sp³-hybridized carbons (Fsp3) is 0.421. The Morgan fingerprint density at radius 2 is 1.68 bits per heavy atom. The molecule has 2 heterocycles. The summed E-state index contributed by atoms with van der Waals surface area (Å²) in [5.74, 6) is 0.714. The van der Waals surface area contributed by atoms with Crippen molar-refractivity contribution in [3.05, 3.63) is 48.2 Å². The van der Waals surface area contributed by atoms with Gasteiger partial charge in [-0.2, -0.15) is 9.40 Å². The Morgan fingerprint density at radius 3 is 2.21 bits per heavy atom. The summed E-state index contributed by atoms with van der Waals surface area (Å²) < 4.78 is 26.5. The topological polar surface area (TPSA) is 86.7 Å². The number of carbonyl (C=O) groups excluding carboxylic acids is 1. The van der Waals surface area contributed by atoms with Crippen LogP contribution in [0.15, 0.2) is 47.5 Å². The normalized spacial score (nSPS) is 15.1. The highest BCUT2D eigenvalue weighted by molar-refractivity contribution is 7.89. The molecule has 8 nitrogen and oxygen atoms in total. The number of anilines is 1. The minimum absolute atomic E-state index is 0.0921. The number of carbonyl (C=O) groups is 1. The average Bonchev–Trinajstić information content (AvgIpc) is 2.75. The lowest BCUT2D eigenvalue weighted by atomic mass is 10.2. The number of rotatable bonds is 6. The highest BCUT2D eigenvalue weighted by atomic mass is 32.2. The van der Waals surface area contributed by atoms with E-state index in [9.17, 15) is 13.2 Å². The van der Waals surface area contributed by atoms with Crippen LogP contribution in [-0.2, 0) is 10.0 Å². The van der Waals surface area contributed by atoms with Crippen molar-refractivity contribution < 1.29 is 13.2 Å². The fourth-order valence-electron chi connectivity index (χ4n) is 3.27. The van der Waals surface area contributed by atoms with E-state index in [1.54, 1.807) is 37.1 Å². The number of aromatic nitrogens is 2. The first kappa shape index (κ1) is 20.2. The molecule has 0 spiro atoms. The zero-order valence-corrected chi connectivity index (χ0v) is 17.0. The van der Waals surface area contributed by atoms with Gasteiger partial charge in [-0.3, -0.25) is 4.79 Å². The van der Waals surface area contributed by atoms with Gasteiger partial charge in [0.15, 0.2) is 5.82 Å². The molecule has 1 aliphatic rings. The number of amides is 1. The first-order valence-corrected chi connectivity index (χ1v) is 10.8. The molecule has 1 aromatic heterocycles. The second-order valence-electron chi connectivity index (χ2n) is 6.47. The minimum Gasteiger partial charge on any atom is -0.352 e. The van der Waals surface area contributed by atoms with Crippen molar-refractivity contribution in [2.45, 2.75) is 18.7 Å². The van der Waals surface area contributed by atoms with E-state index in [2.05, 4.69) is 15.1 Å². The van der Waals surface area contributed by atoms with Crippen LogP contribution in [0, 0.1) is 0 Å². The molecule has 0 atom stereocenters. The van der Waals surface area contributed by atoms with Gasteiger partial charge in [-0.15, -0.1) is 5.10 Å². The summed E-state index contributed by atoms with van der Waals surface area (Å²) in [7, 11) is -3.52. The number of piperazine rings is 1. The van der Waals surface area contributed by atoms with E-state index in [0.29, 0.717) is 44.8 Å². The van der Waals surface area contributed by atoms with Crippen molar-refractivity contribution in [3.8, 4) is 0 Å². The first-order valence-electron chi connectivity index (χ1n) is 9.39. The second kappa shape index (κ2) is 8.66. The highest BCUT2D eigenvalue weighted by Crippen LogP contribution is 2.18. The molecule has 0 unspecified atom stereocenters. The smallest absolute Gasteiger partial charge is 0.253 e. The Hall–Kier alpha value is -2.52. The Balaban J connectivity index is 1.66. The average molecular weight is 404 g/mol. The summed E-state index contributed by atoms with van der Waals surface area (Å²) in [6.07, 6.45) is 1.63. The van der Waals surface area contributed by atoms with Crippen LogP contribution in [0.1, 0.15) is 24.2 Å². The number of nitrogens with zero attached hydrogens (tertiary/aromatic N) is 5. The molecule has 0 N–H and O–H groups in total. The Bertz CT molecular complexity index is 891. The molecule has 1 fully saturated rings. The van der Waals surface area contributed by atoms with E-state index in [1.165, 1.54) is 16.4 Å². The maximum absolute atomic E-state index is 12.8. The fourth-order valence-corrected chi connectivity index (χ4v) is 4.72. The maximum Gasteiger partial charge on any atom is 0.253 e. The van der Waals surface area contributed by atoms with Gasteiger partial charge in [0.1, 0.15) is 0 Å². The third-order valence-electron chi connectivity index (χ3n) is 4.89. The molecule has 2 aromatic rings.